The van der Waals surface area contributed by atoms with Crippen molar-refractivity contribution >= 4 is 23.9 Å². The van der Waals surface area contributed by atoms with E-state index in [0.717, 1.165) is 48.2 Å². The maximum atomic E-state index is 10.9. The van der Waals surface area contributed by atoms with Crippen molar-refractivity contribution in [3.05, 3.63) is 66.4 Å². The predicted octanol–water partition coefficient (Wildman–Crippen LogP) is 3.60. The van der Waals surface area contributed by atoms with Crippen LogP contribution in [0.15, 0.2) is 60.7 Å². The number of carbonyl (C=O) groups excluding carboxylic acids is 1. The van der Waals surface area contributed by atoms with Gasteiger partial charge in [0.05, 0.1) is 0 Å². The third kappa shape index (κ3) is 4.82. The molecule has 1 aliphatic heterocycles. The second kappa shape index (κ2) is 8.60. The lowest BCUT2D eigenvalue weighted by molar-refractivity contribution is -0.118. The van der Waals surface area contributed by atoms with Crippen LogP contribution in [0.1, 0.15) is 5.69 Å². The molecule has 0 atom stereocenters. The molecule has 1 aromatic heterocycles. The third-order valence-electron chi connectivity index (χ3n) is 4.69. The second-order valence-corrected chi connectivity index (χ2v) is 6.89. The van der Waals surface area contributed by atoms with E-state index in [1.165, 1.54) is 0 Å². The van der Waals surface area contributed by atoms with E-state index in [2.05, 4.69) is 20.2 Å². The molecule has 3 aromatic rings. The van der Waals surface area contributed by atoms with Gasteiger partial charge in [-0.25, -0.2) is 4.98 Å². The Labute approximate surface area is 170 Å². The van der Waals surface area contributed by atoms with Crippen molar-refractivity contribution in [1.29, 1.82) is 0 Å². The summed E-state index contributed by atoms with van der Waals surface area (Å²) in [5.41, 5.74) is 1.81. The molecular weight excluding hydrogens is 366 g/mol. The summed E-state index contributed by atoms with van der Waals surface area (Å²) < 4.78 is 5.83. The van der Waals surface area contributed by atoms with Crippen LogP contribution in [-0.4, -0.2) is 47.5 Å². The number of para-hydroxylation sites is 1. The highest BCUT2D eigenvalue weighted by atomic mass is 16.5. The molecule has 29 heavy (non-hydrogen) atoms. The predicted molar refractivity (Wildman–Crippen MR) is 113 cm³/mol. The fourth-order valence-electron chi connectivity index (χ4n) is 3.16. The third-order valence-corrected chi connectivity index (χ3v) is 4.69. The van der Waals surface area contributed by atoms with E-state index in [9.17, 15) is 4.79 Å². The minimum atomic E-state index is 0.682. The Balaban J connectivity index is 1.44. The van der Waals surface area contributed by atoms with Crippen molar-refractivity contribution in [3.63, 3.8) is 0 Å². The van der Waals surface area contributed by atoms with Crippen molar-refractivity contribution in [2.75, 3.05) is 36.4 Å². The minimum Gasteiger partial charge on any atom is -0.457 e. The van der Waals surface area contributed by atoms with Gasteiger partial charge in [0.15, 0.2) is 0 Å². The van der Waals surface area contributed by atoms with Crippen LogP contribution >= 0.6 is 0 Å². The van der Waals surface area contributed by atoms with Crippen LogP contribution in [-0.2, 0) is 4.79 Å². The standard InChI is InChI=1S/C22H23N5O2/c1-17-15-21(25-22(23-17)27-13-11-26(16-28)12-14-27)24-18-7-9-20(10-8-18)29-19-5-3-2-4-6-19/h2-10,15-16H,11-14H2,1H3,(H,23,24,25). The van der Waals surface area contributed by atoms with E-state index >= 15 is 0 Å². The monoisotopic (exact) mass is 389 g/mol. The summed E-state index contributed by atoms with van der Waals surface area (Å²) in [6, 6.07) is 19.4. The number of rotatable bonds is 6. The smallest absolute Gasteiger partial charge is 0.227 e. The molecular formula is C22H23N5O2. The SMILES string of the molecule is Cc1cc(Nc2ccc(Oc3ccccc3)cc2)nc(N2CCN(C=O)CC2)n1. The van der Waals surface area contributed by atoms with E-state index in [0.29, 0.717) is 19.0 Å². The van der Waals surface area contributed by atoms with Crippen LogP contribution in [0.25, 0.3) is 0 Å². The van der Waals surface area contributed by atoms with Crippen LogP contribution in [0, 0.1) is 6.92 Å². The molecule has 1 fully saturated rings. The van der Waals surface area contributed by atoms with Gasteiger partial charge < -0.3 is 19.9 Å². The summed E-state index contributed by atoms with van der Waals surface area (Å²) in [4.78, 5) is 24.0. The maximum Gasteiger partial charge on any atom is 0.227 e. The summed E-state index contributed by atoms with van der Waals surface area (Å²) in [5.74, 6) is 3.00. The number of anilines is 3. The fourth-order valence-corrected chi connectivity index (χ4v) is 3.16. The van der Waals surface area contributed by atoms with E-state index in [4.69, 9.17) is 4.74 Å². The molecule has 0 bridgehead atoms. The number of hydrogen-bond donors (Lipinski definition) is 1. The first-order valence-electron chi connectivity index (χ1n) is 9.59. The lowest BCUT2D eigenvalue weighted by Gasteiger charge is -2.32. The lowest BCUT2D eigenvalue weighted by atomic mass is 10.3. The Bertz CT molecular complexity index is 955. The van der Waals surface area contributed by atoms with Gasteiger partial charge in [-0.1, -0.05) is 18.2 Å². The van der Waals surface area contributed by atoms with Gasteiger partial charge in [0.1, 0.15) is 17.3 Å². The number of amides is 1. The quantitative estimate of drug-likeness (QED) is 0.650. The molecule has 1 N–H and O–H groups in total. The molecule has 4 rings (SSSR count). The van der Waals surface area contributed by atoms with E-state index < -0.39 is 0 Å². The van der Waals surface area contributed by atoms with Crippen molar-refractivity contribution in [3.8, 4) is 11.5 Å². The Kier molecular flexibility index (Phi) is 5.56. The maximum absolute atomic E-state index is 10.9. The van der Waals surface area contributed by atoms with Crippen LogP contribution < -0.4 is 15.0 Å². The molecule has 148 valence electrons. The molecule has 1 aliphatic rings. The number of aromatic nitrogens is 2. The molecule has 1 saturated heterocycles. The number of nitrogens with zero attached hydrogens (tertiary/aromatic N) is 4. The molecule has 1 amide bonds. The molecule has 0 unspecified atom stereocenters. The molecule has 0 radical (unpaired) electrons. The van der Waals surface area contributed by atoms with Crippen LogP contribution in [0.2, 0.25) is 0 Å². The zero-order valence-corrected chi connectivity index (χ0v) is 16.3. The number of nitrogens with one attached hydrogen (secondary N) is 1. The van der Waals surface area contributed by atoms with Crippen LogP contribution in [0.5, 0.6) is 11.5 Å². The number of aryl methyl sites for hydroxylation is 1. The van der Waals surface area contributed by atoms with Gasteiger partial charge in [0.25, 0.3) is 0 Å². The molecule has 0 spiro atoms. The number of hydrogen-bond acceptors (Lipinski definition) is 6. The van der Waals surface area contributed by atoms with Gasteiger partial charge in [-0.05, 0) is 43.3 Å². The number of piperazine rings is 1. The van der Waals surface area contributed by atoms with Crippen molar-refractivity contribution < 1.29 is 9.53 Å². The Morgan fingerprint density at radius 2 is 1.62 bits per heavy atom. The zero-order chi connectivity index (χ0) is 20.1. The summed E-state index contributed by atoms with van der Waals surface area (Å²) in [6.45, 7) is 4.79. The van der Waals surface area contributed by atoms with Crippen LogP contribution in [0.3, 0.4) is 0 Å². The average Bonchev–Trinajstić information content (AvgIpc) is 2.75. The Morgan fingerprint density at radius 3 is 2.31 bits per heavy atom. The summed E-state index contributed by atoms with van der Waals surface area (Å²) >= 11 is 0. The number of carbonyl (C=O) groups is 1. The molecule has 7 nitrogen and oxygen atoms in total. The van der Waals surface area contributed by atoms with Crippen LogP contribution in [0.4, 0.5) is 17.5 Å². The number of ether oxygens (including phenoxy) is 1. The van der Waals surface area contributed by atoms with Gasteiger partial charge in [0, 0.05) is 43.6 Å². The van der Waals surface area contributed by atoms with E-state index in [-0.39, 0.29) is 0 Å². The van der Waals surface area contributed by atoms with Gasteiger partial charge in [0.2, 0.25) is 12.4 Å². The lowest BCUT2D eigenvalue weighted by Crippen LogP contribution is -2.46. The normalized spacial score (nSPS) is 13.8. The van der Waals surface area contributed by atoms with Crippen molar-refractivity contribution in [2.45, 2.75) is 6.92 Å². The largest absolute Gasteiger partial charge is 0.457 e. The van der Waals surface area contributed by atoms with Crippen molar-refractivity contribution in [2.24, 2.45) is 0 Å². The summed E-state index contributed by atoms with van der Waals surface area (Å²) in [5, 5.41) is 3.34. The minimum absolute atomic E-state index is 0.682. The van der Waals surface area contributed by atoms with Gasteiger partial charge in [-0.3, -0.25) is 4.79 Å². The highest BCUT2D eigenvalue weighted by Gasteiger charge is 2.18. The van der Waals surface area contributed by atoms with Gasteiger partial charge >= 0.3 is 0 Å². The van der Waals surface area contributed by atoms with Gasteiger partial charge in [-0.15, -0.1) is 0 Å². The first-order valence-corrected chi connectivity index (χ1v) is 9.59. The molecule has 2 heterocycles. The first-order chi connectivity index (χ1) is 14.2. The number of benzene rings is 2. The first kappa shape index (κ1) is 18.7. The van der Waals surface area contributed by atoms with Crippen molar-refractivity contribution in [1.82, 2.24) is 14.9 Å². The highest BCUT2D eigenvalue weighted by molar-refractivity contribution is 5.59. The second-order valence-electron chi connectivity index (χ2n) is 6.89. The summed E-state index contributed by atoms with van der Waals surface area (Å²) in [7, 11) is 0. The van der Waals surface area contributed by atoms with E-state index in [1.807, 2.05) is 67.6 Å². The highest BCUT2D eigenvalue weighted by Crippen LogP contribution is 2.25. The fraction of sp³-hybridized carbons (Fsp3) is 0.227. The molecule has 0 saturated carbocycles. The zero-order valence-electron chi connectivity index (χ0n) is 16.3. The average molecular weight is 389 g/mol. The molecule has 0 aliphatic carbocycles. The summed E-state index contributed by atoms with van der Waals surface area (Å²) in [6.07, 6.45) is 0.895. The topological polar surface area (TPSA) is 70.6 Å². The molecule has 7 heteroatoms. The van der Waals surface area contributed by atoms with E-state index in [1.54, 1.807) is 4.90 Å². The van der Waals surface area contributed by atoms with Gasteiger partial charge in [-0.2, -0.15) is 4.98 Å². The Hall–Kier alpha value is -3.61. The molecule has 2 aromatic carbocycles. The Morgan fingerprint density at radius 1 is 0.931 bits per heavy atom.